The van der Waals surface area contributed by atoms with Gasteiger partial charge in [-0.05, 0) is 30.5 Å². The molecule has 0 heterocycles. The van der Waals surface area contributed by atoms with E-state index in [4.69, 9.17) is 5.11 Å². The molecule has 0 bridgehead atoms. The maximum Gasteiger partial charge on any atom is 0.322 e. The summed E-state index contributed by atoms with van der Waals surface area (Å²) < 4.78 is 24.9. The average Bonchev–Trinajstić information content (AvgIpc) is 2.47. The molecule has 0 fully saturated rings. The number of hydrogen-bond acceptors (Lipinski definition) is 3. The van der Waals surface area contributed by atoms with Crippen LogP contribution in [-0.4, -0.2) is 47.9 Å². The summed E-state index contributed by atoms with van der Waals surface area (Å²) in [6.07, 6.45) is -0.567. The van der Waals surface area contributed by atoms with Gasteiger partial charge in [0.25, 0.3) is 6.43 Å². The number of urea groups is 1. The van der Waals surface area contributed by atoms with E-state index >= 15 is 0 Å². The number of rotatable bonds is 5. The molecule has 0 radical (unpaired) electrons. The van der Waals surface area contributed by atoms with E-state index < -0.39 is 25.6 Å². The number of amides is 2. The van der Waals surface area contributed by atoms with Crippen molar-refractivity contribution in [3.8, 4) is 0 Å². The Kier molecular flexibility index (Phi) is 5.43. The molecule has 0 aliphatic heterocycles. The average molecular weight is 312 g/mol. The maximum atomic E-state index is 12.4. The number of ketones is 1. The van der Waals surface area contributed by atoms with Crippen molar-refractivity contribution in [1.82, 2.24) is 4.90 Å². The second-order valence-corrected chi connectivity index (χ2v) is 5.14. The summed E-state index contributed by atoms with van der Waals surface area (Å²) in [4.78, 5) is 24.7. The van der Waals surface area contributed by atoms with Crippen LogP contribution in [0.25, 0.3) is 0 Å². The zero-order valence-electron chi connectivity index (χ0n) is 12.0. The molecule has 1 aromatic rings. The number of benzene rings is 1. The molecular weight excluding hydrogens is 294 g/mol. The number of aliphatic hydroxyl groups is 1. The highest BCUT2D eigenvalue weighted by atomic mass is 19.3. The van der Waals surface area contributed by atoms with E-state index in [-0.39, 0.29) is 12.3 Å². The minimum atomic E-state index is -2.68. The van der Waals surface area contributed by atoms with Gasteiger partial charge in [0.15, 0.2) is 5.78 Å². The lowest BCUT2D eigenvalue weighted by molar-refractivity contribution is 0.0943. The molecule has 0 saturated carbocycles. The third kappa shape index (κ3) is 4.00. The number of fused-ring (bicyclic) bond motifs is 1. The van der Waals surface area contributed by atoms with E-state index in [0.717, 1.165) is 23.3 Å². The first kappa shape index (κ1) is 16.4. The van der Waals surface area contributed by atoms with E-state index in [1.165, 1.54) is 0 Å². The fourth-order valence-corrected chi connectivity index (χ4v) is 2.47. The zero-order chi connectivity index (χ0) is 16.1. The maximum absolute atomic E-state index is 12.4. The monoisotopic (exact) mass is 312 g/mol. The molecule has 0 atom stereocenters. The van der Waals surface area contributed by atoms with Gasteiger partial charge in [-0.1, -0.05) is 6.07 Å². The summed E-state index contributed by atoms with van der Waals surface area (Å²) in [5.41, 5.74) is 1.90. The van der Waals surface area contributed by atoms with Gasteiger partial charge in [0.1, 0.15) is 0 Å². The third-order valence-corrected chi connectivity index (χ3v) is 3.53. The van der Waals surface area contributed by atoms with Crippen molar-refractivity contribution in [2.24, 2.45) is 0 Å². The molecule has 22 heavy (non-hydrogen) atoms. The van der Waals surface area contributed by atoms with Gasteiger partial charge in [0.05, 0.1) is 13.2 Å². The zero-order valence-corrected chi connectivity index (χ0v) is 12.0. The Balaban J connectivity index is 2.10. The molecule has 120 valence electrons. The standard InChI is InChI=1S/C15H18F2N2O3/c16-14(17)9-19(6-7-20)15(22)18-11-5-4-10-2-1-3-13(21)12(10)8-11/h4-5,8,14,20H,1-3,6-7,9H2,(H,18,22). The highest BCUT2D eigenvalue weighted by Gasteiger charge is 2.20. The van der Waals surface area contributed by atoms with Gasteiger partial charge < -0.3 is 15.3 Å². The van der Waals surface area contributed by atoms with Gasteiger partial charge in [-0.3, -0.25) is 4.79 Å². The first-order chi connectivity index (χ1) is 10.5. The van der Waals surface area contributed by atoms with E-state index in [2.05, 4.69) is 5.32 Å². The fourth-order valence-electron chi connectivity index (χ4n) is 2.47. The van der Waals surface area contributed by atoms with Gasteiger partial charge in [-0.15, -0.1) is 0 Å². The van der Waals surface area contributed by atoms with Crippen molar-refractivity contribution in [3.05, 3.63) is 29.3 Å². The van der Waals surface area contributed by atoms with Gasteiger partial charge in [0, 0.05) is 24.2 Å². The molecule has 7 heteroatoms. The Labute approximate surface area is 126 Å². The number of carbonyl (C=O) groups is 2. The minimum absolute atomic E-state index is 0.0251. The molecule has 0 aromatic heterocycles. The lowest BCUT2D eigenvalue weighted by Gasteiger charge is -2.22. The van der Waals surface area contributed by atoms with Crippen LogP contribution < -0.4 is 5.32 Å². The summed E-state index contributed by atoms with van der Waals surface area (Å²) >= 11 is 0. The van der Waals surface area contributed by atoms with Gasteiger partial charge in [-0.2, -0.15) is 0 Å². The van der Waals surface area contributed by atoms with Crippen molar-refractivity contribution < 1.29 is 23.5 Å². The number of aliphatic hydroxyl groups excluding tert-OH is 1. The second-order valence-electron chi connectivity index (χ2n) is 5.14. The first-order valence-corrected chi connectivity index (χ1v) is 7.12. The number of anilines is 1. The molecule has 2 amide bonds. The highest BCUT2D eigenvalue weighted by Crippen LogP contribution is 2.24. The lowest BCUT2D eigenvalue weighted by Crippen LogP contribution is -2.40. The lowest BCUT2D eigenvalue weighted by atomic mass is 9.90. The van der Waals surface area contributed by atoms with Crippen molar-refractivity contribution in [1.29, 1.82) is 0 Å². The number of nitrogens with zero attached hydrogens (tertiary/aromatic N) is 1. The summed E-state index contributed by atoms with van der Waals surface area (Å²) in [7, 11) is 0. The number of halogens is 2. The highest BCUT2D eigenvalue weighted by molar-refractivity contribution is 6.00. The SMILES string of the molecule is O=C1CCCc2ccc(NC(=O)N(CCO)CC(F)F)cc21. The Bertz CT molecular complexity index is 564. The van der Waals surface area contributed by atoms with Crippen LogP contribution in [-0.2, 0) is 6.42 Å². The molecule has 0 saturated heterocycles. The third-order valence-electron chi connectivity index (χ3n) is 3.53. The van der Waals surface area contributed by atoms with Crippen LogP contribution in [0.15, 0.2) is 18.2 Å². The molecule has 0 unspecified atom stereocenters. The summed E-state index contributed by atoms with van der Waals surface area (Å²) in [6.45, 7) is -1.33. The van der Waals surface area contributed by atoms with Crippen LogP contribution in [0.3, 0.4) is 0 Å². The molecule has 0 spiro atoms. The van der Waals surface area contributed by atoms with Gasteiger partial charge >= 0.3 is 6.03 Å². The Hall–Kier alpha value is -2.02. The molecule has 2 rings (SSSR count). The second kappa shape index (κ2) is 7.31. The number of nitrogens with one attached hydrogen (secondary N) is 1. The number of carbonyl (C=O) groups excluding carboxylic acids is 2. The summed E-state index contributed by atoms with van der Waals surface area (Å²) in [5.74, 6) is 0.0251. The normalized spacial score (nSPS) is 13.9. The summed E-state index contributed by atoms with van der Waals surface area (Å²) in [5, 5.41) is 11.3. The summed E-state index contributed by atoms with van der Waals surface area (Å²) in [6, 6.07) is 4.27. The number of hydrogen-bond donors (Lipinski definition) is 2. The topological polar surface area (TPSA) is 69.6 Å². The molecular formula is C15H18F2N2O3. The fraction of sp³-hybridized carbons (Fsp3) is 0.467. The van der Waals surface area contributed by atoms with Crippen LogP contribution in [0.2, 0.25) is 0 Å². The van der Waals surface area contributed by atoms with Crippen molar-refractivity contribution in [3.63, 3.8) is 0 Å². The van der Waals surface area contributed by atoms with Crippen molar-refractivity contribution in [2.75, 3.05) is 25.0 Å². The van der Waals surface area contributed by atoms with Crippen molar-refractivity contribution in [2.45, 2.75) is 25.7 Å². The number of Topliss-reactive ketones (excluding diaryl/α,β-unsaturated/α-hetero) is 1. The Morgan fingerprint density at radius 2 is 2.14 bits per heavy atom. The van der Waals surface area contributed by atoms with Crippen LogP contribution in [0, 0.1) is 0 Å². The van der Waals surface area contributed by atoms with Gasteiger partial charge in [0.2, 0.25) is 0 Å². The Morgan fingerprint density at radius 1 is 1.36 bits per heavy atom. The smallest absolute Gasteiger partial charge is 0.322 e. The minimum Gasteiger partial charge on any atom is -0.395 e. The van der Waals surface area contributed by atoms with E-state index in [1.807, 2.05) is 0 Å². The molecule has 1 aliphatic rings. The van der Waals surface area contributed by atoms with Crippen LogP contribution in [0.5, 0.6) is 0 Å². The largest absolute Gasteiger partial charge is 0.395 e. The predicted molar refractivity (Wildman–Crippen MR) is 77.4 cm³/mol. The predicted octanol–water partition coefficient (Wildman–Crippen LogP) is 2.30. The quantitative estimate of drug-likeness (QED) is 0.876. The Morgan fingerprint density at radius 3 is 2.82 bits per heavy atom. The van der Waals surface area contributed by atoms with Gasteiger partial charge in [-0.25, -0.2) is 13.6 Å². The van der Waals surface area contributed by atoms with Crippen LogP contribution in [0.4, 0.5) is 19.3 Å². The van der Waals surface area contributed by atoms with E-state index in [0.29, 0.717) is 17.7 Å². The van der Waals surface area contributed by atoms with E-state index in [1.54, 1.807) is 18.2 Å². The van der Waals surface area contributed by atoms with Crippen LogP contribution in [0.1, 0.15) is 28.8 Å². The van der Waals surface area contributed by atoms with Crippen molar-refractivity contribution >= 4 is 17.5 Å². The molecule has 1 aliphatic carbocycles. The molecule has 1 aromatic carbocycles. The molecule has 5 nitrogen and oxygen atoms in total. The molecule has 2 N–H and O–H groups in total. The van der Waals surface area contributed by atoms with E-state index in [9.17, 15) is 18.4 Å². The number of alkyl halides is 2. The van der Waals surface area contributed by atoms with Crippen LogP contribution >= 0.6 is 0 Å². The number of aryl methyl sites for hydroxylation is 1. The first-order valence-electron chi connectivity index (χ1n) is 7.12.